The molecule has 2 aliphatic rings. The maximum Gasteiger partial charge on any atom is 0.339 e. The number of hydrogen-bond donors (Lipinski definition) is 3. The molecule has 3 aromatic carbocycles. The fraction of sp³-hybridized carbons (Fsp3) is 0.333. The summed E-state index contributed by atoms with van der Waals surface area (Å²) in [5.41, 5.74) is 3.03. The van der Waals surface area contributed by atoms with Crippen LogP contribution in [-0.2, 0) is 11.2 Å². The van der Waals surface area contributed by atoms with Gasteiger partial charge in [0.25, 0.3) is 0 Å². The molecule has 212 valence electrons. The molecule has 1 saturated heterocycles. The summed E-state index contributed by atoms with van der Waals surface area (Å²) in [5.74, 6) is -0.409. The number of rotatable bonds is 8. The van der Waals surface area contributed by atoms with Crippen molar-refractivity contribution in [1.29, 1.82) is 0 Å². The van der Waals surface area contributed by atoms with Crippen molar-refractivity contribution in [3.8, 4) is 11.5 Å². The summed E-state index contributed by atoms with van der Waals surface area (Å²) in [5, 5.41) is 21.5. The average Bonchev–Trinajstić information content (AvgIpc) is 2.95. The highest BCUT2D eigenvalue weighted by Crippen LogP contribution is 2.33. The number of nitrogens with one attached hydrogen (secondary N) is 1. The third kappa shape index (κ3) is 8.03. The van der Waals surface area contributed by atoms with E-state index in [0.717, 1.165) is 69.1 Å². The van der Waals surface area contributed by atoms with Gasteiger partial charge in [-0.2, -0.15) is 0 Å². The molecular weight excluding hydrogens is 553 g/mol. The molecule has 0 unspecified atom stereocenters. The number of carboxylic acid groups (broad SMARTS) is 1. The Hall–Kier alpha value is -3.46. The average molecular weight is 587 g/mol. The van der Waals surface area contributed by atoms with E-state index in [2.05, 4.69) is 21.2 Å². The van der Waals surface area contributed by atoms with E-state index in [9.17, 15) is 9.59 Å². The van der Waals surface area contributed by atoms with Crippen molar-refractivity contribution in [2.75, 3.05) is 49.5 Å². The van der Waals surface area contributed by atoms with E-state index in [0.29, 0.717) is 23.1 Å². The molecule has 0 atom stereocenters. The van der Waals surface area contributed by atoms with Gasteiger partial charge in [-0.15, -0.1) is 0 Å². The number of unbranched alkanes of at least 4 members (excludes halogenated alkanes) is 1. The van der Waals surface area contributed by atoms with Crippen molar-refractivity contribution < 1.29 is 24.5 Å². The summed E-state index contributed by atoms with van der Waals surface area (Å²) in [6, 6.07) is 17.6. The van der Waals surface area contributed by atoms with Crippen molar-refractivity contribution in [2.24, 2.45) is 0 Å². The summed E-state index contributed by atoms with van der Waals surface area (Å²) in [6.07, 6.45) is 3.47. The first-order chi connectivity index (χ1) is 19.3. The molecule has 10 heteroatoms. The zero-order chi connectivity index (χ0) is 28.5. The molecule has 40 heavy (non-hydrogen) atoms. The second kappa shape index (κ2) is 14.3. The first-order valence-electron chi connectivity index (χ1n) is 13.3. The van der Waals surface area contributed by atoms with Gasteiger partial charge in [-0.1, -0.05) is 47.5 Å². The molecular formula is C30H33Cl2N3O5. The summed E-state index contributed by atoms with van der Waals surface area (Å²) in [4.78, 5) is 26.6. The van der Waals surface area contributed by atoms with Crippen molar-refractivity contribution in [3.05, 3.63) is 81.8 Å². The fourth-order valence-electron chi connectivity index (χ4n) is 4.67. The van der Waals surface area contributed by atoms with E-state index in [1.165, 1.54) is 17.7 Å². The van der Waals surface area contributed by atoms with E-state index < -0.39 is 5.97 Å². The number of nitrogens with zero attached hydrogens (tertiary/aromatic N) is 2. The summed E-state index contributed by atoms with van der Waals surface area (Å²) in [7, 11) is 0. The molecule has 2 heterocycles. The first kappa shape index (κ1) is 29.5. The molecule has 0 radical (unpaired) electrons. The highest BCUT2D eigenvalue weighted by atomic mass is 35.5. The van der Waals surface area contributed by atoms with Gasteiger partial charge in [0, 0.05) is 44.4 Å². The third-order valence-corrected chi connectivity index (χ3v) is 7.70. The molecule has 0 saturated carbocycles. The van der Waals surface area contributed by atoms with Gasteiger partial charge in [0.2, 0.25) is 5.91 Å². The standard InChI is InChI=1S/C23H27Cl2N3O2.C7H6O3/c24-19-4-3-5-21(23(19)25)28-13-11-27(12-14-28)10-1-2-15-30-18-8-6-17-7-9-22(29)26-20(17)16-18;8-6-4-2-1-3-5(6)7(9)10/h3-6,8,16H,1-2,7,9-15H2,(H,26,29);1-4,8H,(H,9,10). The predicted molar refractivity (Wildman–Crippen MR) is 158 cm³/mol. The zero-order valence-corrected chi connectivity index (χ0v) is 23.6. The molecule has 0 aromatic heterocycles. The lowest BCUT2D eigenvalue weighted by Gasteiger charge is -2.36. The van der Waals surface area contributed by atoms with Gasteiger partial charge < -0.3 is 25.2 Å². The number of carbonyl (C=O) groups excluding carboxylic acids is 1. The predicted octanol–water partition coefficient (Wildman–Crippen LogP) is 5.95. The molecule has 0 aliphatic carbocycles. The minimum atomic E-state index is -1.11. The minimum absolute atomic E-state index is 0.0671. The second-order valence-electron chi connectivity index (χ2n) is 9.65. The maximum atomic E-state index is 11.5. The number of aromatic carboxylic acids is 1. The summed E-state index contributed by atoms with van der Waals surface area (Å²) >= 11 is 12.5. The highest BCUT2D eigenvalue weighted by molar-refractivity contribution is 6.43. The monoisotopic (exact) mass is 585 g/mol. The zero-order valence-electron chi connectivity index (χ0n) is 22.1. The first-order valence-corrected chi connectivity index (χ1v) is 14.1. The van der Waals surface area contributed by atoms with E-state index in [4.69, 9.17) is 38.2 Å². The molecule has 1 fully saturated rings. The Morgan fingerprint density at radius 2 is 1.73 bits per heavy atom. The van der Waals surface area contributed by atoms with Crippen molar-refractivity contribution in [3.63, 3.8) is 0 Å². The molecule has 0 spiro atoms. The number of benzene rings is 3. The largest absolute Gasteiger partial charge is 0.507 e. The number of anilines is 2. The molecule has 5 rings (SSSR count). The van der Waals surface area contributed by atoms with Gasteiger partial charge in [-0.05, 0) is 61.7 Å². The Balaban J connectivity index is 0.000000312. The van der Waals surface area contributed by atoms with Gasteiger partial charge in [-0.25, -0.2) is 4.79 Å². The summed E-state index contributed by atoms with van der Waals surface area (Å²) < 4.78 is 5.89. The van der Waals surface area contributed by atoms with Crippen LogP contribution in [-0.4, -0.2) is 66.3 Å². The molecule has 3 N–H and O–H groups in total. The van der Waals surface area contributed by atoms with E-state index in [-0.39, 0.29) is 17.2 Å². The van der Waals surface area contributed by atoms with Crippen LogP contribution in [0.25, 0.3) is 0 Å². The number of piperazine rings is 1. The highest BCUT2D eigenvalue weighted by Gasteiger charge is 2.19. The smallest absolute Gasteiger partial charge is 0.339 e. The Morgan fingerprint density at radius 1 is 0.950 bits per heavy atom. The van der Waals surface area contributed by atoms with E-state index >= 15 is 0 Å². The molecule has 0 bridgehead atoms. The van der Waals surface area contributed by atoms with Gasteiger partial charge in [0.15, 0.2) is 0 Å². The lowest BCUT2D eigenvalue weighted by molar-refractivity contribution is -0.116. The van der Waals surface area contributed by atoms with Crippen molar-refractivity contribution in [1.82, 2.24) is 4.90 Å². The van der Waals surface area contributed by atoms with Crippen molar-refractivity contribution in [2.45, 2.75) is 25.7 Å². The van der Waals surface area contributed by atoms with Gasteiger partial charge in [0.05, 0.1) is 22.3 Å². The van der Waals surface area contributed by atoms with Crippen LogP contribution in [0.2, 0.25) is 10.0 Å². The van der Waals surface area contributed by atoms with E-state index in [1.54, 1.807) is 12.1 Å². The SMILES string of the molecule is O=C(O)c1ccccc1O.O=C1CCc2ccc(OCCCCN3CCN(c4cccc(Cl)c4Cl)CC3)cc2N1. The quantitative estimate of drug-likeness (QED) is 0.281. The van der Waals surface area contributed by atoms with Crippen LogP contribution in [0.15, 0.2) is 60.7 Å². The lowest BCUT2D eigenvalue weighted by Crippen LogP contribution is -2.46. The number of amides is 1. The van der Waals surface area contributed by atoms with Crippen LogP contribution in [0, 0.1) is 0 Å². The number of aromatic hydroxyl groups is 1. The van der Waals surface area contributed by atoms with Crippen molar-refractivity contribution >= 4 is 46.5 Å². The number of fused-ring (bicyclic) bond motifs is 1. The van der Waals surface area contributed by atoms with E-state index in [1.807, 2.05) is 30.3 Å². The van der Waals surface area contributed by atoms with Gasteiger partial charge >= 0.3 is 5.97 Å². The normalized spacial score (nSPS) is 14.9. The van der Waals surface area contributed by atoms with Crippen LogP contribution >= 0.6 is 23.2 Å². The van der Waals surface area contributed by atoms with Crippen LogP contribution in [0.4, 0.5) is 11.4 Å². The Kier molecular flexibility index (Phi) is 10.5. The molecule has 2 aliphatic heterocycles. The fourth-order valence-corrected chi connectivity index (χ4v) is 5.09. The topological polar surface area (TPSA) is 102 Å². The number of carbonyl (C=O) groups is 2. The number of hydrogen-bond acceptors (Lipinski definition) is 6. The minimum Gasteiger partial charge on any atom is -0.507 e. The van der Waals surface area contributed by atoms with Crippen LogP contribution in [0.5, 0.6) is 11.5 Å². The van der Waals surface area contributed by atoms with Crippen LogP contribution in [0.1, 0.15) is 35.2 Å². The Labute approximate surface area is 244 Å². The Morgan fingerprint density at radius 3 is 2.45 bits per heavy atom. The Bertz CT molecular complexity index is 1330. The summed E-state index contributed by atoms with van der Waals surface area (Å²) in [6.45, 7) is 5.71. The molecule has 1 amide bonds. The van der Waals surface area contributed by atoms with Crippen LogP contribution in [0.3, 0.4) is 0 Å². The number of carboxylic acids is 1. The second-order valence-corrected chi connectivity index (χ2v) is 10.4. The number of halogens is 2. The number of phenols is 1. The number of ether oxygens (including phenoxy) is 1. The third-order valence-electron chi connectivity index (χ3n) is 6.89. The molecule has 3 aromatic rings. The number of para-hydroxylation sites is 1. The maximum absolute atomic E-state index is 11.5. The number of aryl methyl sites for hydroxylation is 1. The lowest BCUT2D eigenvalue weighted by atomic mass is 10.0. The van der Waals surface area contributed by atoms with Crippen LogP contribution < -0.4 is 15.0 Å². The van der Waals surface area contributed by atoms with Gasteiger partial charge in [-0.3, -0.25) is 9.69 Å². The molecule has 8 nitrogen and oxygen atoms in total. The van der Waals surface area contributed by atoms with Gasteiger partial charge in [0.1, 0.15) is 17.1 Å².